The minimum Gasteiger partial charge on any atom is -0.493 e. The van der Waals surface area contributed by atoms with Crippen LogP contribution in [0.25, 0.3) is 10.9 Å². The molecule has 1 unspecified atom stereocenters. The molecule has 2 N–H and O–H groups in total. The monoisotopic (exact) mass is 468 g/mol. The Labute approximate surface area is 193 Å². The van der Waals surface area contributed by atoms with Gasteiger partial charge in [0.2, 0.25) is 0 Å². The summed E-state index contributed by atoms with van der Waals surface area (Å²) in [6.07, 6.45) is 3.44. The van der Waals surface area contributed by atoms with Gasteiger partial charge in [0.05, 0.1) is 13.7 Å². The number of H-pyrrole nitrogens is 1. The van der Waals surface area contributed by atoms with Crippen LogP contribution in [0, 0.1) is 6.92 Å². The average molecular weight is 469 g/mol. The molecule has 1 atom stereocenters. The number of para-hydroxylation sites is 1. The topological polar surface area (TPSA) is 98.2 Å². The molecule has 4 rings (SSSR count). The number of ether oxygens (including phenoxy) is 2. The van der Waals surface area contributed by atoms with Crippen molar-refractivity contribution in [3.63, 3.8) is 0 Å². The molecule has 174 valence electrons. The van der Waals surface area contributed by atoms with E-state index in [-0.39, 0.29) is 17.5 Å². The Morgan fingerprint density at radius 1 is 1.18 bits per heavy atom. The van der Waals surface area contributed by atoms with Gasteiger partial charge in [0.1, 0.15) is 5.82 Å². The molecule has 0 amide bonds. The van der Waals surface area contributed by atoms with Gasteiger partial charge in [0.25, 0.3) is 10.0 Å². The minimum atomic E-state index is -3.79. The van der Waals surface area contributed by atoms with E-state index in [0.717, 1.165) is 22.0 Å². The highest BCUT2D eigenvalue weighted by atomic mass is 32.2. The van der Waals surface area contributed by atoms with E-state index in [9.17, 15) is 8.42 Å². The first-order chi connectivity index (χ1) is 15.8. The van der Waals surface area contributed by atoms with Crippen molar-refractivity contribution >= 4 is 20.9 Å². The molecular weight excluding hydrogens is 440 g/mol. The molecule has 0 radical (unpaired) electrons. The third-order valence-corrected chi connectivity index (χ3v) is 7.02. The fourth-order valence-electron chi connectivity index (χ4n) is 3.89. The molecule has 2 aromatic heterocycles. The Morgan fingerprint density at radius 2 is 1.97 bits per heavy atom. The lowest BCUT2D eigenvalue weighted by Gasteiger charge is -2.20. The summed E-state index contributed by atoms with van der Waals surface area (Å²) >= 11 is 0. The van der Waals surface area contributed by atoms with Crippen LogP contribution in [-0.2, 0) is 17.1 Å². The lowest BCUT2D eigenvalue weighted by Crippen LogP contribution is -2.29. The van der Waals surface area contributed by atoms with Crippen LogP contribution in [0.2, 0.25) is 0 Å². The second-order valence-electron chi connectivity index (χ2n) is 7.77. The number of aromatic amines is 1. The molecule has 2 aromatic carbocycles. The van der Waals surface area contributed by atoms with E-state index in [1.54, 1.807) is 25.6 Å². The van der Waals surface area contributed by atoms with E-state index in [4.69, 9.17) is 9.47 Å². The van der Waals surface area contributed by atoms with Crippen LogP contribution in [-0.4, -0.2) is 43.2 Å². The maximum Gasteiger partial charge on any atom is 0.259 e. The summed E-state index contributed by atoms with van der Waals surface area (Å²) < 4.78 is 41.6. The number of aromatic nitrogens is 3. The Balaban J connectivity index is 1.74. The maximum absolute atomic E-state index is 13.0. The summed E-state index contributed by atoms with van der Waals surface area (Å²) in [5.41, 5.74) is 2.87. The predicted molar refractivity (Wildman–Crippen MR) is 127 cm³/mol. The van der Waals surface area contributed by atoms with Crippen LogP contribution in [0.5, 0.6) is 11.5 Å². The van der Waals surface area contributed by atoms with Crippen LogP contribution in [0.3, 0.4) is 0 Å². The highest BCUT2D eigenvalue weighted by Crippen LogP contribution is 2.36. The Bertz CT molecular complexity index is 1350. The van der Waals surface area contributed by atoms with Gasteiger partial charge >= 0.3 is 0 Å². The molecule has 2 heterocycles. The van der Waals surface area contributed by atoms with Gasteiger partial charge < -0.3 is 19.0 Å². The molecule has 0 fully saturated rings. The van der Waals surface area contributed by atoms with Crippen LogP contribution < -0.4 is 14.2 Å². The first-order valence-electron chi connectivity index (χ1n) is 10.7. The average Bonchev–Trinajstić information content (AvgIpc) is 3.38. The van der Waals surface area contributed by atoms with Gasteiger partial charge in [-0.25, -0.2) is 18.1 Å². The lowest BCUT2D eigenvalue weighted by atomic mass is 9.91. The largest absolute Gasteiger partial charge is 0.493 e. The summed E-state index contributed by atoms with van der Waals surface area (Å²) in [5, 5.41) is 1.03. The highest BCUT2D eigenvalue weighted by molar-refractivity contribution is 7.89. The van der Waals surface area contributed by atoms with E-state index < -0.39 is 10.0 Å². The first kappa shape index (κ1) is 22.9. The third-order valence-electron chi connectivity index (χ3n) is 5.73. The van der Waals surface area contributed by atoms with E-state index in [1.165, 1.54) is 6.20 Å². The molecule has 4 aromatic rings. The molecule has 33 heavy (non-hydrogen) atoms. The van der Waals surface area contributed by atoms with Crippen molar-refractivity contribution in [1.29, 1.82) is 0 Å². The molecule has 9 heteroatoms. The number of imidazole rings is 1. The van der Waals surface area contributed by atoms with Crippen molar-refractivity contribution in [3.05, 3.63) is 71.8 Å². The fraction of sp³-hybridized carbons (Fsp3) is 0.292. The summed E-state index contributed by atoms with van der Waals surface area (Å²) in [6.45, 7) is 4.35. The lowest BCUT2D eigenvalue weighted by molar-refractivity contribution is 0.310. The molecule has 0 bridgehead atoms. The number of fused-ring (bicyclic) bond motifs is 1. The number of methoxy groups -OCH3 is 1. The van der Waals surface area contributed by atoms with Crippen LogP contribution in [0.15, 0.2) is 59.9 Å². The van der Waals surface area contributed by atoms with Gasteiger partial charge in [0.15, 0.2) is 16.5 Å². The summed E-state index contributed by atoms with van der Waals surface area (Å²) in [6, 6.07) is 13.7. The molecule has 0 aliphatic heterocycles. The van der Waals surface area contributed by atoms with Crippen molar-refractivity contribution in [2.45, 2.75) is 24.8 Å². The number of benzene rings is 2. The molecule has 0 spiro atoms. The van der Waals surface area contributed by atoms with Gasteiger partial charge in [-0.05, 0) is 43.2 Å². The zero-order valence-electron chi connectivity index (χ0n) is 19.1. The van der Waals surface area contributed by atoms with Gasteiger partial charge in [-0.15, -0.1) is 0 Å². The van der Waals surface area contributed by atoms with Crippen LogP contribution >= 0.6 is 0 Å². The van der Waals surface area contributed by atoms with Crippen molar-refractivity contribution in [2.75, 3.05) is 20.3 Å². The van der Waals surface area contributed by atoms with Gasteiger partial charge in [0, 0.05) is 42.8 Å². The van der Waals surface area contributed by atoms with Crippen molar-refractivity contribution < 1.29 is 17.9 Å². The summed E-state index contributed by atoms with van der Waals surface area (Å²) in [7, 11) is -0.432. The summed E-state index contributed by atoms with van der Waals surface area (Å²) in [5.74, 6) is 1.60. The van der Waals surface area contributed by atoms with Crippen LogP contribution in [0.4, 0.5) is 0 Å². The molecule has 0 saturated carbocycles. The number of hydrogen-bond donors (Lipinski definition) is 2. The third kappa shape index (κ3) is 4.60. The number of nitrogens with one attached hydrogen (secondary N) is 2. The second kappa shape index (κ2) is 9.29. The minimum absolute atomic E-state index is 0.00412. The van der Waals surface area contributed by atoms with Gasteiger partial charge in [-0.2, -0.15) is 0 Å². The highest BCUT2D eigenvalue weighted by Gasteiger charge is 2.24. The quantitative estimate of drug-likeness (QED) is 0.390. The van der Waals surface area contributed by atoms with Crippen molar-refractivity contribution in [2.24, 2.45) is 7.05 Å². The van der Waals surface area contributed by atoms with E-state index in [0.29, 0.717) is 23.9 Å². The predicted octanol–water partition coefficient (Wildman–Crippen LogP) is 3.73. The Morgan fingerprint density at radius 3 is 2.67 bits per heavy atom. The molecule has 8 nitrogen and oxygen atoms in total. The number of aryl methyl sites for hydroxylation is 2. The number of sulfonamides is 1. The number of rotatable bonds is 9. The Hall–Kier alpha value is -3.30. The van der Waals surface area contributed by atoms with Crippen molar-refractivity contribution in [3.8, 4) is 11.5 Å². The van der Waals surface area contributed by atoms with Crippen LogP contribution in [0.1, 0.15) is 29.8 Å². The summed E-state index contributed by atoms with van der Waals surface area (Å²) in [4.78, 5) is 7.46. The SMILES string of the molecule is CCOc1ccc(C(CNS(=O)(=O)c2cn(C)c(C)n2)c2c[nH]c3ccccc23)cc1OC. The normalized spacial score (nSPS) is 12.7. The number of nitrogens with zero attached hydrogens (tertiary/aromatic N) is 2. The van der Waals surface area contributed by atoms with Crippen molar-refractivity contribution in [1.82, 2.24) is 19.3 Å². The standard InChI is InChI=1S/C24H28N4O4S/c1-5-32-22-11-10-17(12-23(22)31-4)19(20-13-25-21-9-7-6-8-18(20)21)14-26-33(29,30)24-15-28(3)16(2)27-24/h6-13,15,19,25-26H,5,14H2,1-4H3. The molecular formula is C24H28N4O4S. The Kier molecular flexibility index (Phi) is 6.44. The second-order valence-corrected chi connectivity index (χ2v) is 9.49. The van der Waals surface area contributed by atoms with E-state index in [1.807, 2.05) is 55.6 Å². The maximum atomic E-state index is 13.0. The molecule has 0 aliphatic carbocycles. The smallest absolute Gasteiger partial charge is 0.259 e. The fourth-order valence-corrected chi connectivity index (χ4v) is 4.97. The van der Waals surface area contributed by atoms with Gasteiger partial charge in [-0.3, -0.25) is 0 Å². The zero-order valence-corrected chi connectivity index (χ0v) is 19.9. The van der Waals surface area contributed by atoms with Gasteiger partial charge in [-0.1, -0.05) is 24.3 Å². The van der Waals surface area contributed by atoms with E-state index >= 15 is 0 Å². The first-order valence-corrected chi connectivity index (χ1v) is 12.2. The molecule has 0 saturated heterocycles. The zero-order chi connectivity index (χ0) is 23.6. The van der Waals surface area contributed by atoms with E-state index in [2.05, 4.69) is 14.7 Å². The number of hydrogen-bond acceptors (Lipinski definition) is 5. The molecule has 0 aliphatic rings.